The molecule has 0 N–H and O–H groups in total. The molecule has 1 aromatic heterocycles. The summed E-state index contributed by atoms with van der Waals surface area (Å²) in [5, 5.41) is 0.908. The van der Waals surface area contributed by atoms with E-state index in [2.05, 4.69) is 16.4 Å². The van der Waals surface area contributed by atoms with Gasteiger partial charge in [0.15, 0.2) is 5.78 Å². The molecule has 38 heavy (non-hydrogen) atoms. The van der Waals surface area contributed by atoms with Crippen LogP contribution in [0.25, 0.3) is 22.2 Å². The van der Waals surface area contributed by atoms with Crippen LogP contribution in [0.4, 0.5) is 0 Å². The van der Waals surface area contributed by atoms with E-state index >= 15 is 0 Å². The molecule has 1 aliphatic rings. The molecule has 1 fully saturated rings. The summed E-state index contributed by atoms with van der Waals surface area (Å²) in [6.07, 6.45) is 3.88. The molecule has 0 saturated carbocycles. The Morgan fingerprint density at radius 2 is 1.47 bits per heavy atom. The van der Waals surface area contributed by atoms with Crippen molar-refractivity contribution in [1.82, 2.24) is 9.47 Å². The molecule has 0 radical (unpaired) electrons. The number of hydrogen-bond donors (Lipinski definition) is 0. The number of likely N-dealkylation sites (tertiary alicyclic amines) is 1. The summed E-state index contributed by atoms with van der Waals surface area (Å²) in [7, 11) is 3.31. The number of benzene rings is 3. The third kappa shape index (κ3) is 5.27. The van der Waals surface area contributed by atoms with E-state index in [0.29, 0.717) is 24.3 Å². The highest BCUT2D eigenvalue weighted by Gasteiger charge is 2.25. The molecule has 6 nitrogen and oxygen atoms in total. The lowest BCUT2D eigenvalue weighted by molar-refractivity contribution is 0.104. The average molecular weight is 513 g/mol. The second kappa shape index (κ2) is 11.7. The third-order valence-electron chi connectivity index (χ3n) is 7.42. The number of aryl methyl sites for hydroxylation is 1. The van der Waals surface area contributed by atoms with Gasteiger partial charge in [0.1, 0.15) is 23.9 Å². The molecule has 0 amide bonds. The minimum atomic E-state index is -0.0157. The van der Waals surface area contributed by atoms with Crippen molar-refractivity contribution in [3.8, 4) is 28.5 Å². The van der Waals surface area contributed by atoms with Crippen molar-refractivity contribution < 1.29 is 19.0 Å². The fraction of sp³-hybridized carbons (Fsp3) is 0.344. The van der Waals surface area contributed by atoms with Crippen LogP contribution in [-0.4, -0.2) is 55.7 Å². The van der Waals surface area contributed by atoms with E-state index in [1.165, 1.54) is 19.3 Å². The molecule has 1 aliphatic heterocycles. The highest BCUT2D eigenvalue weighted by molar-refractivity contribution is 6.20. The Morgan fingerprint density at radius 3 is 2.13 bits per heavy atom. The topological polar surface area (TPSA) is 52.9 Å². The Balaban J connectivity index is 1.47. The fourth-order valence-electron chi connectivity index (χ4n) is 5.39. The molecule has 0 bridgehead atoms. The van der Waals surface area contributed by atoms with Crippen molar-refractivity contribution in [2.75, 3.05) is 40.5 Å². The summed E-state index contributed by atoms with van der Waals surface area (Å²) in [5.41, 5.74) is 4.15. The normalized spacial score (nSPS) is 14.0. The zero-order valence-corrected chi connectivity index (χ0v) is 22.5. The number of hydrogen-bond acceptors (Lipinski definition) is 5. The van der Waals surface area contributed by atoms with E-state index < -0.39 is 0 Å². The molecule has 2 heterocycles. The number of carbonyl (C=O) groups excluding carboxylic acids is 1. The quantitative estimate of drug-likeness (QED) is 0.229. The van der Waals surface area contributed by atoms with E-state index in [4.69, 9.17) is 14.2 Å². The van der Waals surface area contributed by atoms with Crippen LogP contribution in [-0.2, 0) is 6.54 Å². The Bertz CT molecular complexity index is 1380. The first-order chi connectivity index (χ1) is 18.6. The predicted octanol–water partition coefficient (Wildman–Crippen LogP) is 6.44. The number of ketones is 1. The minimum absolute atomic E-state index is 0.0157. The fourth-order valence-corrected chi connectivity index (χ4v) is 5.39. The first-order valence-corrected chi connectivity index (χ1v) is 13.5. The van der Waals surface area contributed by atoms with E-state index in [0.717, 1.165) is 59.0 Å². The van der Waals surface area contributed by atoms with Crippen molar-refractivity contribution in [2.45, 2.75) is 32.7 Å². The van der Waals surface area contributed by atoms with Crippen LogP contribution in [0.15, 0.2) is 66.7 Å². The van der Waals surface area contributed by atoms with Gasteiger partial charge in [0.2, 0.25) is 0 Å². The number of methoxy groups -OCH3 is 2. The summed E-state index contributed by atoms with van der Waals surface area (Å²) >= 11 is 0. The van der Waals surface area contributed by atoms with Gasteiger partial charge in [0, 0.05) is 30.1 Å². The lowest BCUT2D eigenvalue weighted by Crippen LogP contribution is -2.33. The molecule has 0 unspecified atom stereocenters. The summed E-state index contributed by atoms with van der Waals surface area (Å²) in [6, 6.07) is 21.3. The van der Waals surface area contributed by atoms with E-state index in [1.807, 2.05) is 66.7 Å². The van der Waals surface area contributed by atoms with Crippen LogP contribution in [0.5, 0.6) is 17.2 Å². The molecule has 0 spiro atoms. The van der Waals surface area contributed by atoms with Crippen LogP contribution in [0.3, 0.4) is 0 Å². The number of rotatable bonds is 10. The zero-order valence-electron chi connectivity index (χ0n) is 22.5. The number of fused-ring (bicyclic) bond motifs is 1. The van der Waals surface area contributed by atoms with Gasteiger partial charge in [-0.15, -0.1) is 0 Å². The molecule has 1 saturated heterocycles. The molecule has 0 atom stereocenters. The van der Waals surface area contributed by atoms with Crippen LogP contribution in [0.2, 0.25) is 0 Å². The molecule has 0 aliphatic carbocycles. The Kier molecular flexibility index (Phi) is 7.99. The predicted molar refractivity (Wildman–Crippen MR) is 152 cm³/mol. The molecule has 198 valence electrons. The summed E-state index contributed by atoms with van der Waals surface area (Å²) in [4.78, 5) is 16.5. The van der Waals surface area contributed by atoms with Crippen molar-refractivity contribution in [3.63, 3.8) is 0 Å². The lowest BCUT2D eigenvalue weighted by atomic mass is 9.97. The minimum Gasteiger partial charge on any atom is -0.497 e. The largest absolute Gasteiger partial charge is 0.497 e. The van der Waals surface area contributed by atoms with Crippen molar-refractivity contribution in [1.29, 1.82) is 0 Å². The molecule has 5 rings (SSSR count). The van der Waals surface area contributed by atoms with Gasteiger partial charge >= 0.3 is 0 Å². The smallest absolute Gasteiger partial charge is 0.195 e. The van der Waals surface area contributed by atoms with Gasteiger partial charge < -0.3 is 18.8 Å². The van der Waals surface area contributed by atoms with Crippen LogP contribution in [0.1, 0.15) is 42.1 Å². The standard InChI is InChI=1S/C32H36N2O4/c1-4-34-29-22-27(37-3)16-17-28(29)30(31(34)23-8-12-25(36-2)13-9-23)32(35)24-10-14-26(15-11-24)38-21-20-33-18-6-5-7-19-33/h8-17,22H,4-7,18-21H2,1-3H3. The second-order valence-electron chi connectivity index (χ2n) is 9.68. The maximum Gasteiger partial charge on any atom is 0.195 e. The van der Waals surface area contributed by atoms with Crippen LogP contribution < -0.4 is 14.2 Å². The van der Waals surface area contributed by atoms with E-state index in [1.54, 1.807) is 14.2 Å². The van der Waals surface area contributed by atoms with Crippen molar-refractivity contribution in [3.05, 3.63) is 77.9 Å². The van der Waals surface area contributed by atoms with Gasteiger partial charge in [-0.1, -0.05) is 6.42 Å². The maximum atomic E-state index is 14.1. The number of piperidine rings is 1. The van der Waals surface area contributed by atoms with E-state index in [9.17, 15) is 4.79 Å². The number of nitrogens with zero attached hydrogens (tertiary/aromatic N) is 2. The average Bonchev–Trinajstić information content (AvgIpc) is 3.31. The summed E-state index contributed by atoms with van der Waals surface area (Å²) in [6.45, 7) is 6.71. The Hall–Kier alpha value is -3.77. The molecular formula is C32H36N2O4. The van der Waals surface area contributed by atoms with Crippen molar-refractivity contribution in [2.24, 2.45) is 0 Å². The number of ether oxygens (including phenoxy) is 3. The van der Waals surface area contributed by atoms with Gasteiger partial charge in [-0.2, -0.15) is 0 Å². The Morgan fingerprint density at radius 1 is 0.816 bits per heavy atom. The van der Waals surface area contributed by atoms with Gasteiger partial charge in [0.25, 0.3) is 0 Å². The molecule has 6 heteroatoms. The van der Waals surface area contributed by atoms with Gasteiger partial charge in [-0.05, 0) is 99.1 Å². The highest BCUT2D eigenvalue weighted by atomic mass is 16.5. The van der Waals surface area contributed by atoms with E-state index in [-0.39, 0.29) is 5.78 Å². The summed E-state index contributed by atoms with van der Waals surface area (Å²) in [5.74, 6) is 2.31. The highest BCUT2D eigenvalue weighted by Crippen LogP contribution is 2.38. The zero-order chi connectivity index (χ0) is 26.5. The van der Waals surface area contributed by atoms with Gasteiger partial charge in [0.05, 0.1) is 31.0 Å². The summed E-state index contributed by atoms with van der Waals surface area (Å²) < 4.78 is 19.1. The molecule has 4 aromatic rings. The van der Waals surface area contributed by atoms with Crippen LogP contribution >= 0.6 is 0 Å². The lowest BCUT2D eigenvalue weighted by Gasteiger charge is -2.26. The van der Waals surface area contributed by atoms with Crippen LogP contribution in [0, 0.1) is 0 Å². The Labute approximate surface area is 224 Å². The first kappa shape index (κ1) is 25.9. The van der Waals surface area contributed by atoms with Crippen molar-refractivity contribution >= 4 is 16.7 Å². The number of carbonyl (C=O) groups is 1. The monoisotopic (exact) mass is 512 g/mol. The van der Waals surface area contributed by atoms with Gasteiger partial charge in [-0.3, -0.25) is 9.69 Å². The molecular weight excluding hydrogens is 476 g/mol. The first-order valence-electron chi connectivity index (χ1n) is 13.5. The third-order valence-corrected chi connectivity index (χ3v) is 7.42. The maximum absolute atomic E-state index is 14.1. The van der Waals surface area contributed by atoms with Gasteiger partial charge in [-0.25, -0.2) is 0 Å². The number of aromatic nitrogens is 1. The second-order valence-corrected chi connectivity index (χ2v) is 9.68. The SMILES string of the molecule is CCn1c(-c2ccc(OC)cc2)c(C(=O)c2ccc(OCCN3CCCCC3)cc2)c2ccc(OC)cc21. The molecule has 3 aromatic carbocycles.